The van der Waals surface area contributed by atoms with E-state index in [1.807, 2.05) is 26.0 Å². The highest BCUT2D eigenvalue weighted by Crippen LogP contribution is 2.25. The molecule has 100 valence electrons. The first-order valence-electron chi connectivity index (χ1n) is 6.03. The first-order valence-corrected chi connectivity index (χ1v) is 6.41. The monoisotopic (exact) mass is 279 g/mol. The van der Waals surface area contributed by atoms with E-state index in [9.17, 15) is 9.50 Å². The quantitative estimate of drug-likeness (QED) is 0.928. The Balaban J connectivity index is 2.25. The highest BCUT2D eigenvalue weighted by Gasteiger charge is 2.14. The Labute approximate surface area is 116 Å². The van der Waals surface area contributed by atoms with Crippen LogP contribution in [0.5, 0.6) is 0 Å². The number of aromatic nitrogens is 1. The Kier molecular flexibility index (Phi) is 4.17. The average Bonchev–Trinajstić information content (AvgIpc) is 2.33. The van der Waals surface area contributed by atoms with Crippen molar-refractivity contribution in [3.63, 3.8) is 0 Å². The fourth-order valence-electron chi connectivity index (χ4n) is 2.07. The molecule has 0 bridgehead atoms. The largest absolute Gasteiger partial charge is 0.388 e. The van der Waals surface area contributed by atoms with E-state index in [2.05, 4.69) is 4.98 Å². The Morgan fingerprint density at radius 2 is 2.00 bits per heavy atom. The van der Waals surface area contributed by atoms with Crippen molar-refractivity contribution in [3.8, 4) is 0 Å². The number of rotatable bonds is 3. The summed E-state index contributed by atoms with van der Waals surface area (Å²) < 4.78 is 13.2. The topological polar surface area (TPSA) is 33.1 Å². The van der Waals surface area contributed by atoms with Crippen LogP contribution in [0.2, 0.25) is 5.02 Å². The Bertz CT molecular complexity index is 601. The maximum Gasteiger partial charge on any atom is 0.123 e. The predicted octanol–water partition coefficient (Wildman–Crippen LogP) is 3.77. The molecule has 0 spiro atoms. The molecule has 0 fully saturated rings. The Morgan fingerprint density at radius 3 is 2.68 bits per heavy atom. The second-order valence-electron chi connectivity index (χ2n) is 4.58. The zero-order valence-corrected chi connectivity index (χ0v) is 11.6. The zero-order valence-electron chi connectivity index (χ0n) is 10.8. The summed E-state index contributed by atoms with van der Waals surface area (Å²) in [6.45, 7) is 3.74. The normalized spacial score (nSPS) is 12.5. The number of pyridine rings is 1. The summed E-state index contributed by atoms with van der Waals surface area (Å²) in [6, 6.07) is 7.84. The summed E-state index contributed by atoms with van der Waals surface area (Å²) in [5.41, 5.74) is 3.01. The molecule has 0 radical (unpaired) electrons. The lowest BCUT2D eigenvalue weighted by Gasteiger charge is -2.14. The molecule has 0 amide bonds. The molecule has 0 aliphatic carbocycles. The minimum absolute atomic E-state index is 0.266. The third-order valence-electron chi connectivity index (χ3n) is 3.05. The molecule has 1 N–H and O–H groups in total. The van der Waals surface area contributed by atoms with Gasteiger partial charge >= 0.3 is 0 Å². The standard InChI is InChI=1S/C15H15ClFNO/c1-9-3-5-13(10(2)18-9)15(19)8-11-7-12(17)4-6-14(11)16/h3-7,15,19H,8H2,1-2H3. The van der Waals surface area contributed by atoms with Gasteiger partial charge in [-0.05, 0) is 43.7 Å². The number of hydrogen-bond donors (Lipinski definition) is 1. The predicted molar refractivity (Wildman–Crippen MR) is 73.8 cm³/mol. The van der Waals surface area contributed by atoms with Crippen LogP contribution in [0.4, 0.5) is 4.39 Å². The second kappa shape index (κ2) is 5.68. The van der Waals surface area contributed by atoms with Crippen molar-refractivity contribution in [2.24, 2.45) is 0 Å². The highest BCUT2D eigenvalue weighted by atomic mass is 35.5. The van der Waals surface area contributed by atoms with Gasteiger partial charge in [0.2, 0.25) is 0 Å². The van der Waals surface area contributed by atoms with Crippen molar-refractivity contribution < 1.29 is 9.50 Å². The number of aryl methyl sites for hydroxylation is 2. The lowest BCUT2D eigenvalue weighted by molar-refractivity contribution is 0.177. The van der Waals surface area contributed by atoms with Gasteiger partial charge in [0.05, 0.1) is 6.10 Å². The van der Waals surface area contributed by atoms with Crippen molar-refractivity contribution in [2.75, 3.05) is 0 Å². The summed E-state index contributed by atoms with van der Waals surface area (Å²) in [4.78, 5) is 4.31. The molecule has 0 aliphatic heterocycles. The minimum atomic E-state index is -0.743. The first-order chi connectivity index (χ1) is 8.97. The molecule has 1 aromatic carbocycles. The lowest BCUT2D eigenvalue weighted by Crippen LogP contribution is -2.06. The molecule has 19 heavy (non-hydrogen) atoms. The second-order valence-corrected chi connectivity index (χ2v) is 4.99. The average molecular weight is 280 g/mol. The Hall–Kier alpha value is -1.45. The van der Waals surface area contributed by atoms with Crippen LogP contribution in [0.25, 0.3) is 0 Å². The van der Waals surface area contributed by atoms with Gasteiger partial charge in [-0.1, -0.05) is 17.7 Å². The fourth-order valence-corrected chi connectivity index (χ4v) is 2.26. The summed E-state index contributed by atoms with van der Waals surface area (Å²) in [6.07, 6.45) is -0.477. The van der Waals surface area contributed by atoms with Gasteiger partial charge < -0.3 is 5.11 Å². The van der Waals surface area contributed by atoms with Gasteiger partial charge in [-0.15, -0.1) is 0 Å². The van der Waals surface area contributed by atoms with E-state index in [0.29, 0.717) is 10.6 Å². The molecule has 2 aromatic rings. The molecule has 1 unspecified atom stereocenters. The molecule has 1 heterocycles. The SMILES string of the molecule is Cc1ccc(C(O)Cc2cc(F)ccc2Cl)c(C)n1. The maximum atomic E-state index is 13.2. The van der Waals surface area contributed by atoms with Crippen molar-refractivity contribution in [1.29, 1.82) is 0 Å². The van der Waals surface area contributed by atoms with Crippen LogP contribution in [0.1, 0.15) is 28.6 Å². The summed E-state index contributed by atoms with van der Waals surface area (Å²) in [7, 11) is 0. The van der Waals surface area contributed by atoms with Crippen LogP contribution in [-0.2, 0) is 6.42 Å². The number of nitrogens with zero attached hydrogens (tertiary/aromatic N) is 1. The third kappa shape index (κ3) is 3.31. The fraction of sp³-hybridized carbons (Fsp3) is 0.267. The van der Waals surface area contributed by atoms with Gasteiger partial charge in [0.15, 0.2) is 0 Å². The maximum absolute atomic E-state index is 13.2. The van der Waals surface area contributed by atoms with Gasteiger partial charge in [-0.3, -0.25) is 4.98 Å². The summed E-state index contributed by atoms with van der Waals surface area (Å²) >= 11 is 6.00. The molecule has 4 heteroatoms. The van der Waals surface area contributed by atoms with E-state index in [0.717, 1.165) is 17.0 Å². The van der Waals surface area contributed by atoms with Crippen LogP contribution < -0.4 is 0 Å². The summed E-state index contributed by atoms with van der Waals surface area (Å²) in [5, 5.41) is 10.7. The summed E-state index contributed by atoms with van der Waals surface area (Å²) in [5.74, 6) is -0.356. The molecular weight excluding hydrogens is 265 g/mol. The number of benzene rings is 1. The van der Waals surface area contributed by atoms with Crippen molar-refractivity contribution >= 4 is 11.6 Å². The van der Waals surface area contributed by atoms with Crippen LogP contribution in [0.15, 0.2) is 30.3 Å². The van der Waals surface area contributed by atoms with E-state index in [-0.39, 0.29) is 12.2 Å². The van der Waals surface area contributed by atoms with Crippen LogP contribution in [0, 0.1) is 19.7 Å². The molecule has 0 aliphatic rings. The molecule has 1 atom stereocenters. The van der Waals surface area contributed by atoms with Crippen molar-refractivity contribution in [3.05, 3.63) is 63.7 Å². The van der Waals surface area contributed by atoms with Crippen LogP contribution in [0.3, 0.4) is 0 Å². The smallest absolute Gasteiger partial charge is 0.123 e. The van der Waals surface area contributed by atoms with Crippen molar-refractivity contribution in [1.82, 2.24) is 4.98 Å². The molecule has 2 rings (SSSR count). The number of aliphatic hydroxyl groups is 1. The van der Waals surface area contributed by atoms with Gasteiger partial charge in [-0.25, -0.2) is 4.39 Å². The third-order valence-corrected chi connectivity index (χ3v) is 3.41. The van der Waals surface area contributed by atoms with Crippen LogP contribution in [-0.4, -0.2) is 10.1 Å². The molecule has 0 saturated carbocycles. The number of hydrogen-bond acceptors (Lipinski definition) is 2. The molecule has 0 saturated heterocycles. The molecular formula is C15H15ClFNO. The minimum Gasteiger partial charge on any atom is -0.388 e. The van der Waals surface area contributed by atoms with Gasteiger partial charge in [0.25, 0.3) is 0 Å². The van der Waals surface area contributed by atoms with Crippen molar-refractivity contribution in [2.45, 2.75) is 26.4 Å². The highest BCUT2D eigenvalue weighted by molar-refractivity contribution is 6.31. The van der Waals surface area contributed by atoms with E-state index in [4.69, 9.17) is 11.6 Å². The van der Waals surface area contributed by atoms with Gasteiger partial charge in [0.1, 0.15) is 5.82 Å². The van der Waals surface area contributed by atoms with E-state index < -0.39 is 6.10 Å². The van der Waals surface area contributed by atoms with E-state index in [1.165, 1.54) is 18.2 Å². The van der Waals surface area contributed by atoms with E-state index >= 15 is 0 Å². The van der Waals surface area contributed by atoms with Crippen LogP contribution >= 0.6 is 11.6 Å². The van der Waals surface area contributed by atoms with Gasteiger partial charge in [-0.2, -0.15) is 0 Å². The number of aliphatic hydroxyl groups excluding tert-OH is 1. The van der Waals surface area contributed by atoms with Gasteiger partial charge in [0, 0.05) is 28.4 Å². The van der Waals surface area contributed by atoms with E-state index in [1.54, 1.807) is 0 Å². The Morgan fingerprint density at radius 1 is 1.26 bits per heavy atom. The lowest BCUT2D eigenvalue weighted by atomic mass is 10.00. The molecule has 1 aromatic heterocycles. The number of halogens is 2. The molecule has 2 nitrogen and oxygen atoms in total. The zero-order chi connectivity index (χ0) is 14.0. The first kappa shape index (κ1) is 14.0.